The van der Waals surface area contributed by atoms with Gasteiger partial charge in [0, 0.05) is 30.5 Å². The molecule has 2 N–H and O–H groups in total. The summed E-state index contributed by atoms with van der Waals surface area (Å²) in [6, 6.07) is 6.13. The monoisotopic (exact) mass is 539 g/mol. The summed E-state index contributed by atoms with van der Waals surface area (Å²) in [5.74, 6) is 1.69. The first-order chi connectivity index (χ1) is 14.4. The van der Waals surface area contributed by atoms with Crippen molar-refractivity contribution in [3.8, 4) is 5.82 Å². The summed E-state index contributed by atoms with van der Waals surface area (Å²) in [5.41, 5.74) is 3.27. The first-order valence-electron chi connectivity index (χ1n) is 11.1. The van der Waals surface area contributed by atoms with Crippen LogP contribution in [0, 0.1) is 13.8 Å². The fourth-order valence-corrected chi connectivity index (χ4v) is 3.92. The molecular weight excluding hydrogens is 501 g/mol. The molecule has 1 aliphatic heterocycles. The molecule has 31 heavy (non-hydrogen) atoms. The van der Waals surface area contributed by atoms with Crippen molar-refractivity contribution in [2.45, 2.75) is 66.0 Å². The predicted molar refractivity (Wildman–Crippen MR) is 139 cm³/mol. The maximum atomic E-state index is 4.77. The normalized spacial score (nSPS) is 15.5. The minimum Gasteiger partial charge on any atom is -0.357 e. The molecule has 0 radical (unpaired) electrons. The lowest BCUT2D eigenvalue weighted by Gasteiger charge is -2.41. The molecule has 172 valence electrons. The Morgan fingerprint density at radius 3 is 2.45 bits per heavy atom. The molecule has 0 unspecified atom stereocenters. The number of piperidine rings is 1. The molecule has 0 saturated carbocycles. The highest BCUT2D eigenvalue weighted by Gasteiger charge is 2.27. The second kappa shape index (κ2) is 11.8. The summed E-state index contributed by atoms with van der Waals surface area (Å²) in [6.45, 7) is 15.4. The smallest absolute Gasteiger partial charge is 0.191 e. The zero-order valence-corrected chi connectivity index (χ0v) is 21.9. The van der Waals surface area contributed by atoms with Gasteiger partial charge in [0.05, 0.1) is 12.2 Å². The highest BCUT2D eigenvalue weighted by atomic mass is 127. The van der Waals surface area contributed by atoms with Crippen LogP contribution in [0.25, 0.3) is 5.82 Å². The SMILES string of the molecule is CCNC(=NCc1ccc(-n2nc(C)cc2C)nc1)NCC(C)(C)N1CCCCC1.I. The molecule has 7 nitrogen and oxygen atoms in total. The topological polar surface area (TPSA) is 70.4 Å². The Labute approximate surface area is 204 Å². The van der Waals surface area contributed by atoms with E-state index in [9.17, 15) is 0 Å². The van der Waals surface area contributed by atoms with Crippen LogP contribution in [0.4, 0.5) is 0 Å². The molecule has 0 amide bonds. The van der Waals surface area contributed by atoms with E-state index in [1.807, 2.05) is 30.8 Å². The molecule has 0 atom stereocenters. The number of nitrogens with zero attached hydrogens (tertiary/aromatic N) is 5. The Bertz CT molecular complexity index is 836. The van der Waals surface area contributed by atoms with Crippen LogP contribution in [-0.2, 0) is 6.54 Å². The van der Waals surface area contributed by atoms with Gasteiger partial charge in [0.2, 0.25) is 0 Å². The number of halogens is 1. The molecular formula is C23H38IN7. The van der Waals surface area contributed by atoms with Crippen LogP contribution in [0.3, 0.4) is 0 Å². The molecule has 1 saturated heterocycles. The fraction of sp³-hybridized carbons (Fsp3) is 0.609. The van der Waals surface area contributed by atoms with Crippen LogP contribution in [0.1, 0.15) is 57.0 Å². The molecule has 3 heterocycles. The third-order valence-corrected chi connectivity index (χ3v) is 5.70. The molecule has 2 aromatic heterocycles. The third-order valence-electron chi connectivity index (χ3n) is 5.70. The van der Waals surface area contributed by atoms with E-state index >= 15 is 0 Å². The third kappa shape index (κ3) is 7.17. The Kier molecular flexibility index (Phi) is 9.74. The number of aliphatic imine (C=N–C) groups is 1. The van der Waals surface area contributed by atoms with E-state index in [0.29, 0.717) is 6.54 Å². The lowest BCUT2D eigenvalue weighted by atomic mass is 9.98. The maximum Gasteiger partial charge on any atom is 0.191 e. The van der Waals surface area contributed by atoms with Gasteiger partial charge in [-0.3, -0.25) is 4.90 Å². The van der Waals surface area contributed by atoms with Gasteiger partial charge >= 0.3 is 0 Å². The lowest BCUT2D eigenvalue weighted by molar-refractivity contribution is 0.0982. The molecule has 1 aliphatic rings. The maximum absolute atomic E-state index is 4.77. The van der Waals surface area contributed by atoms with Crippen molar-refractivity contribution in [1.82, 2.24) is 30.3 Å². The van der Waals surface area contributed by atoms with Crippen molar-refractivity contribution in [1.29, 1.82) is 0 Å². The Balaban J connectivity index is 0.00000341. The van der Waals surface area contributed by atoms with E-state index < -0.39 is 0 Å². The quantitative estimate of drug-likeness (QED) is 0.318. The van der Waals surface area contributed by atoms with Crippen molar-refractivity contribution in [2.75, 3.05) is 26.2 Å². The van der Waals surface area contributed by atoms with Crippen LogP contribution in [0.15, 0.2) is 29.4 Å². The van der Waals surface area contributed by atoms with Crippen LogP contribution in [0.2, 0.25) is 0 Å². The zero-order valence-electron chi connectivity index (χ0n) is 19.6. The van der Waals surface area contributed by atoms with Crippen molar-refractivity contribution < 1.29 is 0 Å². The van der Waals surface area contributed by atoms with Crippen LogP contribution in [0.5, 0.6) is 0 Å². The number of hydrogen-bond acceptors (Lipinski definition) is 4. The number of aryl methyl sites for hydroxylation is 2. The van der Waals surface area contributed by atoms with Gasteiger partial charge < -0.3 is 10.6 Å². The van der Waals surface area contributed by atoms with E-state index in [2.05, 4.69) is 58.5 Å². The largest absolute Gasteiger partial charge is 0.357 e. The summed E-state index contributed by atoms with van der Waals surface area (Å²) >= 11 is 0. The Morgan fingerprint density at radius 2 is 1.87 bits per heavy atom. The molecule has 2 aromatic rings. The van der Waals surface area contributed by atoms with E-state index in [0.717, 1.165) is 41.8 Å². The Morgan fingerprint density at radius 1 is 1.13 bits per heavy atom. The molecule has 0 spiro atoms. The van der Waals surface area contributed by atoms with Gasteiger partial charge in [-0.15, -0.1) is 24.0 Å². The van der Waals surface area contributed by atoms with Crippen molar-refractivity contribution in [2.24, 2.45) is 4.99 Å². The molecule has 1 fully saturated rings. The molecule has 0 aromatic carbocycles. The summed E-state index contributed by atoms with van der Waals surface area (Å²) in [4.78, 5) is 11.9. The second-order valence-electron chi connectivity index (χ2n) is 8.77. The summed E-state index contributed by atoms with van der Waals surface area (Å²) in [5, 5.41) is 11.4. The highest BCUT2D eigenvalue weighted by molar-refractivity contribution is 14.0. The highest BCUT2D eigenvalue weighted by Crippen LogP contribution is 2.19. The van der Waals surface area contributed by atoms with E-state index in [1.54, 1.807) is 0 Å². The fourth-order valence-electron chi connectivity index (χ4n) is 3.92. The van der Waals surface area contributed by atoms with Gasteiger partial charge in [0.25, 0.3) is 0 Å². The summed E-state index contributed by atoms with van der Waals surface area (Å²) < 4.78 is 1.87. The number of likely N-dealkylation sites (tertiary alicyclic amines) is 1. The van der Waals surface area contributed by atoms with Crippen LogP contribution < -0.4 is 10.6 Å². The average Bonchev–Trinajstić information content (AvgIpc) is 3.09. The van der Waals surface area contributed by atoms with Gasteiger partial charge in [-0.25, -0.2) is 14.7 Å². The molecule has 8 heteroatoms. The van der Waals surface area contributed by atoms with Crippen molar-refractivity contribution in [3.05, 3.63) is 41.3 Å². The van der Waals surface area contributed by atoms with E-state index in [4.69, 9.17) is 4.99 Å². The standard InChI is InChI=1S/C23H37N7.HI/c1-6-24-22(27-17-23(4,5)29-12-8-7-9-13-29)26-16-20-10-11-21(25-15-20)30-19(3)14-18(2)28-30;/h10-11,14-15H,6-9,12-13,16-17H2,1-5H3,(H2,24,26,27);1H. The van der Waals surface area contributed by atoms with Gasteiger partial charge in [0.1, 0.15) is 0 Å². The minimum atomic E-state index is 0. The first kappa shape index (κ1) is 25.6. The van der Waals surface area contributed by atoms with Gasteiger partial charge in [-0.05, 0) is 78.2 Å². The first-order valence-corrected chi connectivity index (χ1v) is 11.1. The number of aromatic nitrogens is 3. The summed E-state index contributed by atoms with van der Waals surface area (Å²) in [7, 11) is 0. The zero-order chi connectivity index (χ0) is 21.6. The van der Waals surface area contributed by atoms with Crippen molar-refractivity contribution in [3.63, 3.8) is 0 Å². The number of pyridine rings is 1. The number of guanidine groups is 1. The van der Waals surface area contributed by atoms with Crippen LogP contribution >= 0.6 is 24.0 Å². The van der Waals surface area contributed by atoms with E-state index in [-0.39, 0.29) is 29.5 Å². The predicted octanol–water partition coefficient (Wildman–Crippen LogP) is 3.82. The van der Waals surface area contributed by atoms with Crippen LogP contribution in [-0.4, -0.2) is 57.3 Å². The Hall–Kier alpha value is -1.68. The summed E-state index contributed by atoms with van der Waals surface area (Å²) in [6.07, 6.45) is 5.85. The van der Waals surface area contributed by atoms with E-state index in [1.165, 1.54) is 32.4 Å². The van der Waals surface area contributed by atoms with Gasteiger partial charge in [0.15, 0.2) is 11.8 Å². The number of hydrogen-bond donors (Lipinski definition) is 2. The van der Waals surface area contributed by atoms with Gasteiger partial charge in [-0.2, -0.15) is 5.10 Å². The minimum absolute atomic E-state index is 0. The average molecular weight is 540 g/mol. The molecule has 0 aliphatic carbocycles. The number of rotatable bonds is 7. The molecule has 0 bridgehead atoms. The lowest BCUT2D eigenvalue weighted by Crippen LogP contribution is -2.54. The van der Waals surface area contributed by atoms with Gasteiger partial charge in [-0.1, -0.05) is 12.5 Å². The van der Waals surface area contributed by atoms with Crippen molar-refractivity contribution >= 4 is 29.9 Å². The second-order valence-corrected chi connectivity index (χ2v) is 8.77. The number of nitrogens with one attached hydrogen (secondary N) is 2. The molecule has 3 rings (SSSR count).